The highest BCUT2D eigenvalue weighted by Gasteiger charge is 2.14. The van der Waals surface area contributed by atoms with E-state index >= 15 is 0 Å². The molecule has 1 N–H and O–H groups in total. The number of hydrogen-bond acceptors (Lipinski definition) is 6. The SMILES string of the molecule is CCOc1nc(C)c(NC(=O)CCc2c(C)noc2C)c(C)n1. The molecule has 2 aromatic rings. The van der Waals surface area contributed by atoms with E-state index in [2.05, 4.69) is 20.4 Å². The van der Waals surface area contributed by atoms with E-state index in [1.807, 2.05) is 34.6 Å². The lowest BCUT2D eigenvalue weighted by atomic mass is 10.1. The van der Waals surface area contributed by atoms with Gasteiger partial charge in [-0.2, -0.15) is 9.97 Å². The van der Waals surface area contributed by atoms with E-state index < -0.39 is 0 Å². The maximum Gasteiger partial charge on any atom is 0.316 e. The summed E-state index contributed by atoms with van der Waals surface area (Å²) in [7, 11) is 0. The summed E-state index contributed by atoms with van der Waals surface area (Å²) in [6, 6.07) is 0.330. The summed E-state index contributed by atoms with van der Waals surface area (Å²) in [6.45, 7) is 9.74. The highest BCUT2D eigenvalue weighted by molar-refractivity contribution is 5.91. The lowest BCUT2D eigenvalue weighted by Crippen LogP contribution is -2.16. The van der Waals surface area contributed by atoms with Gasteiger partial charge in [-0.15, -0.1) is 0 Å². The summed E-state index contributed by atoms with van der Waals surface area (Å²) >= 11 is 0. The molecule has 124 valence electrons. The van der Waals surface area contributed by atoms with E-state index in [1.54, 1.807) is 0 Å². The van der Waals surface area contributed by atoms with Crippen molar-refractivity contribution >= 4 is 11.6 Å². The Labute approximate surface area is 135 Å². The van der Waals surface area contributed by atoms with E-state index in [-0.39, 0.29) is 5.91 Å². The van der Waals surface area contributed by atoms with Gasteiger partial charge in [0.25, 0.3) is 0 Å². The summed E-state index contributed by atoms with van der Waals surface area (Å²) in [5.74, 6) is 0.663. The molecule has 7 heteroatoms. The lowest BCUT2D eigenvalue weighted by molar-refractivity contribution is -0.116. The monoisotopic (exact) mass is 318 g/mol. The number of anilines is 1. The van der Waals surface area contributed by atoms with Crippen LogP contribution in [0.3, 0.4) is 0 Å². The van der Waals surface area contributed by atoms with Gasteiger partial charge in [-0.25, -0.2) is 0 Å². The fraction of sp³-hybridized carbons (Fsp3) is 0.500. The van der Waals surface area contributed by atoms with E-state index in [0.717, 1.165) is 17.0 Å². The molecule has 0 unspecified atom stereocenters. The largest absolute Gasteiger partial charge is 0.464 e. The number of nitrogens with one attached hydrogen (secondary N) is 1. The van der Waals surface area contributed by atoms with Crippen molar-refractivity contribution in [3.8, 4) is 6.01 Å². The molecule has 0 spiro atoms. The van der Waals surface area contributed by atoms with Crippen molar-refractivity contribution in [3.05, 3.63) is 28.4 Å². The van der Waals surface area contributed by atoms with Crippen LogP contribution in [-0.4, -0.2) is 27.6 Å². The molecule has 2 rings (SSSR count). The average Bonchev–Trinajstić information content (AvgIpc) is 2.80. The Morgan fingerprint density at radius 2 is 1.78 bits per heavy atom. The number of aryl methyl sites for hydroxylation is 4. The Kier molecular flexibility index (Phi) is 5.31. The maximum absolute atomic E-state index is 12.2. The van der Waals surface area contributed by atoms with Gasteiger partial charge in [-0.3, -0.25) is 4.79 Å². The van der Waals surface area contributed by atoms with Crippen LogP contribution in [-0.2, 0) is 11.2 Å². The zero-order chi connectivity index (χ0) is 17.0. The number of nitrogens with zero attached hydrogens (tertiary/aromatic N) is 3. The van der Waals surface area contributed by atoms with E-state index in [4.69, 9.17) is 9.26 Å². The Bertz CT molecular complexity index is 667. The number of rotatable bonds is 6. The second-order valence-corrected chi connectivity index (χ2v) is 5.34. The third-order valence-electron chi connectivity index (χ3n) is 3.57. The van der Waals surface area contributed by atoms with Gasteiger partial charge in [0, 0.05) is 12.0 Å². The molecule has 0 aliphatic carbocycles. The Morgan fingerprint density at radius 1 is 1.13 bits per heavy atom. The molecule has 7 nitrogen and oxygen atoms in total. The van der Waals surface area contributed by atoms with Crippen molar-refractivity contribution in [3.63, 3.8) is 0 Å². The lowest BCUT2D eigenvalue weighted by Gasteiger charge is -2.12. The molecular weight excluding hydrogens is 296 g/mol. The van der Waals surface area contributed by atoms with E-state index in [0.29, 0.717) is 42.5 Å². The van der Waals surface area contributed by atoms with Crippen LogP contribution in [0, 0.1) is 27.7 Å². The van der Waals surface area contributed by atoms with Crippen molar-refractivity contribution in [2.24, 2.45) is 0 Å². The van der Waals surface area contributed by atoms with Crippen molar-refractivity contribution in [1.82, 2.24) is 15.1 Å². The van der Waals surface area contributed by atoms with E-state index in [9.17, 15) is 4.79 Å². The van der Waals surface area contributed by atoms with Gasteiger partial charge >= 0.3 is 6.01 Å². The van der Waals surface area contributed by atoms with Crippen LogP contribution in [0.15, 0.2) is 4.52 Å². The molecule has 0 atom stereocenters. The fourth-order valence-corrected chi connectivity index (χ4v) is 2.36. The summed E-state index contributed by atoms with van der Waals surface area (Å²) in [5.41, 5.74) is 3.82. The normalized spacial score (nSPS) is 10.7. The Balaban J connectivity index is 2.03. The zero-order valence-electron chi connectivity index (χ0n) is 14.2. The summed E-state index contributed by atoms with van der Waals surface area (Å²) in [5, 5.41) is 6.77. The number of carbonyl (C=O) groups is 1. The quantitative estimate of drug-likeness (QED) is 0.880. The molecule has 0 aromatic carbocycles. The van der Waals surface area contributed by atoms with Crippen LogP contribution in [0.25, 0.3) is 0 Å². The van der Waals surface area contributed by atoms with Gasteiger partial charge < -0.3 is 14.6 Å². The molecule has 1 amide bonds. The minimum absolute atomic E-state index is 0.0936. The summed E-state index contributed by atoms with van der Waals surface area (Å²) in [4.78, 5) is 20.7. The van der Waals surface area contributed by atoms with Crippen LogP contribution >= 0.6 is 0 Å². The maximum atomic E-state index is 12.2. The van der Waals surface area contributed by atoms with Crippen LogP contribution in [0.4, 0.5) is 5.69 Å². The summed E-state index contributed by atoms with van der Waals surface area (Å²) in [6.07, 6.45) is 0.929. The van der Waals surface area contributed by atoms with Crippen LogP contribution in [0.2, 0.25) is 0 Å². The van der Waals surface area contributed by atoms with Gasteiger partial charge in [0.2, 0.25) is 5.91 Å². The van der Waals surface area contributed by atoms with Crippen molar-refractivity contribution in [2.75, 3.05) is 11.9 Å². The van der Waals surface area contributed by atoms with Crippen molar-refractivity contribution in [1.29, 1.82) is 0 Å². The highest BCUT2D eigenvalue weighted by Crippen LogP contribution is 2.20. The first kappa shape index (κ1) is 16.9. The Hall–Kier alpha value is -2.44. The predicted octanol–water partition coefficient (Wildman–Crippen LogP) is 2.67. The number of hydrogen-bond donors (Lipinski definition) is 1. The van der Waals surface area contributed by atoms with E-state index in [1.165, 1.54) is 0 Å². The molecule has 2 heterocycles. The zero-order valence-corrected chi connectivity index (χ0v) is 14.2. The third kappa shape index (κ3) is 4.06. The number of amides is 1. The van der Waals surface area contributed by atoms with Crippen LogP contribution < -0.4 is 10.1 Å². The summed E-state index contributed by atoms with van der Waals surface area (Å²) < 4.78 is 10.4. The molecule has 0 saturated heterocycles. The van der Waals surface area contributed by atoms with Gasteiger partial charge in [-0.05, 0) is 41.0 Å². The number of carbonyl (C=O) groups excluding carboxylic acids is 1. The smallest absolute Gasteiger partial charge is 0.316 e. The molecule has 0 radical (unpaired) electrons. The third-order valence-corrected chi connectivity index (χ3v) is 3.57. The first-order valence-corrected chi connectivity index (χ1v) is 7.62. The molecule has 0 bridgehead atoms. The number of ether oxygens (including phenoxy) is 1. The Morgan fingerprint density at radius 3 is 2.30 bits per heavy atom. The molecular formula is C16H22N4O3. The average molecular weight is 318 g/mol. The molecule has 0 saturated carbocycles. The molecule has 0 fully saturated rings. The first-order chi connectivity index (χ1) is 10.9. The predicted molar refractivity (Wildman–Crippen MR) is 85.6 cm³/mol. The molecule has 23 heavy (non-hydrogen) atoms. The van der Waals surface area contributed by atoms with Gasteiger partial charge in [0.1, 0.15) is 5.76 Å². The standard InChI is InChI=1S/C16H22N4O3/c1-6-22-16-17-10(3)15(11(4)18-16)19-14(21)8-7-13-9(2)20-23-12(13)5/h6-8H2,1-5H3,(H,19,21). The molecule has 2 aromatic heterocycles. The van der Waals surface area contributed by atoms with Gasteiger partial charge in [0.15, 0.2) is 0 Å². The topological polar surface area (TPSA) is 90.1 Å². The molecule has 0 aliphatic rings. The van der Waals surface area contributed by atoms with Gasteiger partial charge in [0.05, 0.1) is 29.4 Å². The minimum atomic E-state index is -0.0936. The second-order valence-electron chi connectivity index (χ2n) is 5.34. The molecule has 0 aliphatic heterocycles. The highest BCUT2D eigenvalue weighted by atomic mass is 16.5. The minimum Gasteiger partial charge on any atom is -0.464 e. The van der Waals surface area contributed by atoms with Crippen molar-refractivity contribution < 1.29 is 14.1 Å². The first-order valence-electron chi connectivity index (χ1n) is 7.62. The fourth-order valence-electron chi connectivity index (χ4n) is 2.36. The van der Waals surface area contributed by atoms with Crippen LogP contribution in [0.1, 0.15) is 41.8 Å². The van der Waals surface area contributed by atoms with Crippen LogP contribution in [0.5, 0.6) is 6.01 Å². The van der Waals surface area contributed by atoms with Gasteiger partial charge in [-0.1, -0.05) is 5.16 Å². The number of aromatic nitrogens is 3. The van der Waals surface area contributed by atoms with Crippen molar-refractivity contribution in [2.45, 2.75) is 47.5 Å². The second kappa shape index (κ2) is 7.21.